The molecule has 1 fully saturated rings. The maximum absolute atomic E-state index is 13.2. The number of carbonyl (C=O) groups excluding carboxylic acids is 1. The number of pyridine rings is 1. The van der Waals surface area contributed by atoms with E-state index in [2.05, 4.69) is 41.1 Å². The minimum absolute atomic E-state index is 0.0461. The van der Waals surface area contributed by atoms with Crippen molar-refractivity contribution >= 4 is 54.8 Å². The Labute approximate surface area is 224 Å². The van der Waals surface area contributed by atoms with E-state index in [1.165, 1.54) is 15.8 Å². The van der Waals surface area contributed by atoms with E-state index >= 15 is 0 Å². The maximum atomic E-state index is 13.2. The number of thiazole rings is 1. The van der Waals surface area contributed by atoms with Crippen molar-refractivity contribution in [2.24, 2.45) is 0 Å². The molecule has 0 atom stereocenters. The largest absolute Gasteiger partial charge is 0.351 e. The Morgan fingerprint density at radius 1 is 1.00 bits per heavy atom. The van der Waals surface area contributed by atoms with Crippen molar-refractivity contribution in [3.05, 3.63) is 76.7 Å². The Bertz CT molecular complexity index is 1570. The van der Waals surface area contributed by atoms with E-state index in [0.29, 0.717) is 12.1 Å². The van der Waals surface area contributed by atoms with Crippen LogP contribution in [-0.2, 0) is 0 Å². The number of carbonyl (C=O) groups is 1. The van der Waals surface area contributed by atoms with Gasteiger partial charge in [-0.2, -0.15) is 0 Å². The zero-order chi connectivity index (χ0) is 25.4. The molecule has 6 nitrogen and oxygen atoms in total. The molecular formula is C29H29N5OS2. The van der Waals surface area contributed by atoms with Gasteiger partial charge in [-0.15, -0.1) is 11.3 Å². The summed E-state index contributed by atoms with van der Waals surface area (Å²) in [7, 11) is 0. The minimum Gasteiger partial charge on any atom is -0.351 e. The molecule has 8 heteroatoms. The normalized spacial score (nSPS) is 14.5. The van der Waals surface area contributed by atoms with Gasteiger partial charge in [-0.05, 0) is 54.6 Å². The molecule has 0 spiro atoms. The van der Waals surface area contributed by atoms with Crippen LogP contribution in [0, 0.1) is 13.8 Å². The van der Waals surface area contributed by atoms with Crippen molar-refractivity contribution in [2.75, 3.05) is 44.2 Å². The highest BCUT2D eigenvalue weighted by molar-refractivity contribution is 7.22. The van der Waals surface area contributed by atoms with Crippen molar-refractivity contribution in [1.29, 1.82) is 0 Å². The van der Waals surface area contributed by atoms with Gasteiger partial charge in [-0.1, -0.05) is 41.7 Å². The zero-order valence-corrected chi connectivity index (χ0v) is 22.7. The third kappa shape index (κ3) is 4.97. The summed E-state index contributed by atoms with van der Waals surface area (Å²) in [5.41, 5.74) is 6.03. The van der Waals surface area contributed by atoms with Crippen LogP contribution in [0.15, 0.2) is 60.0 Å². The number of thiophene rings is 1. The first kappa shape index (κ1) is 24.0. The van der Waals surface area contributed by atoms with Crippen LogP contribution in [0.3, 0.4) is 0 Å². The number of amides is 1. The zero-order valence-electron chi connectivity index (χ0n) is 21.0. The Morgan fingerprint density at radius 3 is 2.65 bits per heavy atom. The van der Waals surface area contributed by atoms with Crippen LogP contribution in [0.2, 0.25) is 0 Å². The lowest BCUT2D eigenvalue weighted by molar-refractivity contribution is 0.0949. The van der Waals surface area contributed by atoms with Gasteiger partial charge in [0.2, 0.25) is 0 Å². The van der Waals surface area contributed by atoms with Gasteiger partial charge in [0.25, 0.3) is 5.91 Å². The van der Waals surface area contributed by atoms with E-state index in [0.717, 1.165) is 64.8 Å². The number of rotatable bonds is 6. The second-order valence-corrected chi connectivity index (χ2v) is 11.5. The lowest BCUT2D eigenvalue weighted by atomic mass is 10.1. The molecule has 5 aromatic rings. The van der Waals surface area contributed by atoms with E-state index in [1.807, 2.05) is 47.8 Å². The Balaban J connectivity index is 1.07. The molecule has 3 aromatic heterocycles. The molecule has 1 saturated heterocycles. The summed E-state index contributed by atoms with van der Waals surface area (Å²) in [6.45, 7) is 9.55. The maximum Gasteiger partial charge on any atom is 0.252 e. The van der Waals surface area contributed by atoms with Crippen LogP contribution in [0.5, 0.6) is 0 Å². The minimum atomic E-state index is -0.0461. The highest BCUT2D eigenvalue weighted by Gasteiger charge is 2.21. The van der Waals surface area contributed by atoms with Gasteiger partial charge in [-0.25, -0.2) is 9.97 Å². The first-order chi connectivity index (χ1) is 18.0. The SMILES string of the molecule is Cc1cc(C)c2nc(N3CCN(CCNC(=O)c4cc(-c5cccs5)nc5ccccc45)CC3)sc2c1. The number of nitrogens with zero attached hydrogens (tertiary/aromatic N) is 4. The number of para-hydroxylation sites is 1. The highest BCUT2D eigenvalue weighted by Crippen LogP contribution is 2.32. The second-order valence-electron chi connectivity index (χ2n) is 9.56. The fraction of sp³-hybridized carbons (Fsp3) is 0.276. The molecule has 2 aromatic carbocycles. The molecule has 0 unspecified atom stereocenters. The number of piperazine rings is 1. The molecular weight excluding hydrogens is 498 g/mol. The summed E-state index contributed by atoms with van der Waals surface area (Å²) in [6, 6.07) is 18.3. The molecule has 1 aliphatic rings. The van der Waals surface area contributed by atoms with Gasteiger partial charge in [0.15, 0.2) is 5.13 Å². The Morgan fingerprint density at radius 2 is 1.84 bits per heavy atom. The van der Waals surface area contributed by atoms with Gasteiger partial charge in [-0.3, -0.25) is 9.69 Å². The van der Waals surface area contributed by atoms with E-state index in [1.54, 1.807) is 22.7 Å². The third-order valence-electron chi connectivity index (χ3n) is 6.91. The lowest BCUT2D eigenvalue weighted by Gasteiger charge is -2.34. The fourth-order valence-corrected chi connectivity index (χ4v) is 6.87. The summed E-state index contributed by atoms with van der Waals surface area (Å²) in [5.74, 6) is -0.0461. The lowest BCUT2D eigenvalue weighted by Crippen LogP contribution is -2.48. The molecule has 1 aliphatic heterocycles. The molecule has 0 bridgehead atoms. The Kier molecular flexibility index (Phi) is 6.63. The number of benzene rings is 2. The first-order valence-electron chi connectivity index (χ1n) is 12.6. The molecule has 37 heavy (non-hydrogen) atoms. The predicted molar refractivity (Wildman–Crippen MR) is 155 cm³/mol. The van der Waals surface area contributed by atoms with Crippen molar-refractivity contribution in [3.8, 4) is 10.6 Å². The summed E-state index contributed by atoms with van der Waals surface area (Å²) < 4.78 is 1.27. The van der Waals surface area contributed by atoms with Crippen LogP contribution in [-0.4, -0.2) is 60.0 Å². The number of anilines is 1. The average Bonchev–Trinajstić information content (AvgIpc) is 3.59. The van der Waals surface area contributed by atoms with Crippen LogP contribution >= 0.6 is 22.7 Å². The number of hydrogen-bond acceptors (Lipinski definition) is 7. The topological polar surface area (TPSA) is 61.4 Å². The van der Waals surface area contributed by atoms with Crippen molar-refractivity contribution in [1.82, 2.24) is 20.2 Å². The molecule has 4 heterocycles. The van der Waals surface area contributed by atoms with E-state index in [-0.39, 0.29) is 5.91 Å². The van der Waals surface area contributed by atoms with Gasteiger partial charge in [0.05, 0.1) is 31.9 Å². The van der Waals surface area contributed by atoms with Crippen LogP contribution in [0.25, 0.3) is 31.7 Å². The monoisotopic (exact) mass is 527 g/mol. The number of nitrogens with one attached hydrogen (secondary N) is 1. The smallest absolute Gasteiger partial charge is 0.252 e. The standard InChI is InChI=1S/C29H29N5OS2/c1-19-16-20(2)27-26(17-19)37-29(32-27)34-13-11-33(12-14-34)10-9-30-28(35)22-18-24(25-8-5-15-36-25)31-23-7-4-3-6-21(22)23/h3-8,15-18H,9-14H2,1-2H3,(H,30,35). The number of aromatic nitrogens is 2. The van der Waals surface area contributed by atoms with Gasteiger partial charge in [0, 0.05) is 44.7 Å². The first-order valence-corrected chi connectivity index (χ1v) is 14.3. The van der Waals surface area contributed by atoms with E-state index in [4.69, 9.17) is 9.97 Å². The molecule has 1 amide bonds. The summed E-state index contributed by atoms with van der Waals surface area (Å²) >= 11 is 3.42. The van der Waals surface area contributed by atoms with Crippen LogP contribution in [0.4, 0.5) is 5.13 Å². The second kappa shape index (κ2) is 10.2. The molecule has 0 aliphatic carbocycles. The van der Waals surface area contributed by atoms with Gasteiger partial charge < -0.3 is 10.2 Å². The summed E-state index contributed by atoms with van der Waals surface area (Å²) in [6.07, 6.45) is 0. The van der Waals surface area contributed by atoms with Gasteiger partial charge in [0.1, 0.15) is 0 Å². The third-order valence-corrected chi connectivity index (χ3v) is 8.86. The van der Waals surface area contributed by atoms with Crippen LogP contribution in [0.1, 0.15) is 21.5 Å². The molecule has 6 rings (SSSR count). The average molecular weight is 528 g/mol. The number of aryl methyl sites for hydroxylation is 2. The predicted octanol–water partition coefficient (Wildman–Crippen LogP) is 5.74. The molecule has 0 radical (unpaired) electrons. The fourth-order valence-electron chi connectivity index (χ4n) is 4.99. The van der Waals surface area contributed by atoms with Crippen molar-refractivity contribution < 1.29 is 4.79 Å². The quantitative estimate of drug-likeness (QED) is 0.305. The van der Waals surface area contributed by atoms with Crippen molar-refractivity contribution in [2.45, 2.75) is 13.8 Å². The highest BCUT2D eigenvalue weighted by atomic mass is 32.1. The van der Waals surface area contributed by atoms with Crippen molar-refractivity contribution in [3.63, 3.8) is 0 Å². The summed E-state index contributed by atoms with van der Waals surface area (Å²) in [4.78, 5) is 28.8. The van der Waals surface area contributed by atoms with E-state index < -0.39 is 0 Å². The number of hydrogen-bond donors (Lipinski definition) is 1. The molecule has 0 saturated carbocycles. The summed E-state index contributed by atoms with van der Waals surface area (Å²) in [5, 5.41) is 7.18. The molecule has 188 valence electrons. The molecule has 1 N–H and O–H groups in total. The number of fused-ring (bicyclic) bond motifs is 2. The van der Waals surface area contributed by atoms with Gasteiger partial charge >= 0.3 is 0 Å². The Hall–Kier alpha value is -3.33. The van der Waals surface area contributed by atoms with E-state index in [9.17, 15) is 4.79 Å². The van der Waals surface area contributed by atoms with Crippen LogP contribution < -0.4 is 10.2 Å².